The first-order valence-corrected chi connectivity index (χ1v) is 8.33. The highest BCUT2D eigenvalue weighted by atomic mass is 32.2. The molecule has 1 saturated heterocycles. The zero-order valence-corrected chi connectivity index (χ0v) is 13.2. The van der Waals surface area contributed by atoms with Crippen LogP contribution in [-0.2, 0) is 0 Å². The van der Waals surface area contributed by atoms with E-state index in [0.29, 0.717) is 23.9 Å². The van der Waals surface area contributed by atoms with Gasteiger partial charge < -0.3 is 15.4 Å². The molecule has 0 radical (unpaired) electrons. The van der Waals surface area contributed by atoms with E-state index in [1.54, 1.807) is 0 Å². The smallest absolute Gasteiger partial charge is 0.323 e. The van der Waals surface area contributed by atoms with E-state index in [1.807, 2.05) is 25.6 Å². The molecule has 1 aromatic heterocycles. The standard InChI is InChI=1S/C13H23N5OS/c1-4-6-14-11-16-12(15-10-5-7-20-8-10)18-13(17-11)19-9(2)3/h9-10H,4-8H2,1-3H3,(H2,14,15,16,17,18). The van der Waals surface area contributed by atoms with Crippen LogP contribution in [0.5, 0.6) is 6.01 Å². The van der Waals surface area contributed by atoms with Crippen molar-refractivity contribution in [3.8, 4) is 6.01 Å². The van der Waals surface area contributed by atoms with Crippen molar-refractivity contribution >= 4 is 23.7 Å². The summed E-state index contributed by atoms with van der Waals surface area (Å²) < 4.78 is 5.59. The van der Waals surface area contributed by atoms with Gasteiger partial charge in [0.15, 0.2) is 0 Å². The average molecular weight is 297 g/mol. The summed E-state index contributed by atoms with van der Waals surface area (Å²) in [5.41, 5.74) is 0. The fourth-order valence-electron chi connectivity index (χ4n) is 1.83. The molecular weight excluding hydrogens is 274 g/mol. The third kappa shape index (κ3) is 4.70. The first-order chi connectivity index (χ1) is 9.67. The van der Waals surface area contributed by atoms with E-state index < -0.39 is 0 Å². The molecule has 7 heteroatoms. The SMILES string of the molecule is CCCNc1nc(NC2CCSC2)nc(OC(C)C)n1. The quantitative estimate of drug-likeness (QED) is 0.800. The Kier molecular flexibility index (Phi) is 5.70. The lowest BCUT2D eigenvalue weighted by Crippen LogP contribution is -2.21. The molecule has 20 heavy (non-hydrogen) atoms. The summed E-state index contributed by atoms with van der Waals surface area (Å²) >= 11 is 1.95. The largest absolute Gasteiger partial charge is 0.461 e. The molecule has 2 heterocycles. The molecule has 1 aliphatic rings. The van der Waals surface area contributed by atoms with Crippen molar-refractivity contribution in [3.05, 3.63) is 0 Å². The van der Waals surface area contributed by atoms with Gasteiger partial charge in [0.05, 0.1) is 6.10 Å². The first-order valence-electron chi connectivity index (χ1n) is 7.18. The van der Waals surface area contributed by atoms with Gasteiger partial charge in [-0.05, 0) is 32.4 Å². The lowest BCUT2D eigenvalue weighted by Gasteiger charge is -2.14. The van der Waals surface area contributed by atoms with E-state index in [-0.39, 0.29) is 6.10 Å². The number of nitrogens with one attached hydrogen (secondary N) is 2. The minimum Gasteiger partial charge on any atom is -0.461 e. The number of rotatable bonds is 7. The third-order valence-corrected chi connectivity index (χ3v) is 3.91. The van der Waals surface area contributed by atoms with Crippen LogP contribution in [0.25, 0.3) is 0 Å². The molecule has 0 saturated carbocycles. The van der Waals surface area contributed by atoms with Crippen molar-refractivity contribution in [2.75, 3.05) is 28.7 Å². The second-order valence-electron chi connectivity index (χ2n) is 5.06. The molecule has 1 fully saturated rings. The maximum Gasteiger partial charge on any atom is 0.323 e. The zero-order chi connectivity index (χ0) is 14.4. The highest BCUT2D eigenvalue weighted by molar-refractivity contribution is 7.99. The monoisotopic (exact) mass is 297 g/mol. The Morgan fingerprint density at radius 3 is 2.75 bits per heavy atom. The van der Waals surface area contributed by atoms with Crippen molar-refractivity contribution in [2.24, 2.45) is 0 Å². The molecule has 0 aliphatic carbocycles. The van der Waals surface area contributed by atoms with Crippen molar-refractivity contribution in [2.45, 2.75) is 45.8 Å². The van der Waals surface area contributed by atoms with Gasteiger partial charge in [0.1, 0.15) is 0 Å². The van der Waals surface area contributed by atoms with Crippen molar-refractivity contribution < 1.29 is 4.74 Å². The van der Waals surface area contributed by atoms with Crippen molar-refractivity contribution in [1.82, 2.24) is 15.0 Å². The first kappa shape index (κ1) is 15.2. The van der Waals surface area contributed by atoms with Crippen LogP contribution in [0.4, 0.5) is 11.9 Å². The van der Waals surface area contributed by atoms with Crippen LogP contribution >= 0.6 is 11.8 Å². The maximum atomic E-state index is 5.59. The fourth-order valence-corrected chi connectivity index (χ4v) is 2.98. The van der Waals surface area contributed by atoms with E-state index in [2.05, 4.69) is 32.5 Å². The van der Waals surface area contributed by atoms with Gasteiger partial charge in [0, 0.05) is 18.3 Å². The Bertz CT molecular complexity index is 423. The fraction of sp³-hybridized carbons (Fsp3) is 0.769. The molecule has 1 aliphatic heterocycles. The molecule has 0 aromatic carbocycles. The Hall–Kier alpha value is -1.24. The molecule has 0 amide bonds. The molecule has 112 valence electrons. The summed E-state index contributed by atoms with van der Waals surface area (Å²) in [4.78, 5) is 13.0. The zero-order valence-electron chi connectivity index (χ0n) is 12.3. The Morgan fingerprint density at radius 2 is 2.10 bits per heavy atom. The van der Waals surface area contributed by atoms with Crippen molar-refractivity contribution in [3.63, 3.8) is 0 Å². The van der Waals surface area contributed by atoms with Gasteiger partial charge in [-0.15, -0.1) is 0 Å². The number of aromatic nitrogens is 3. The highest BCUT2D eigenvalue weighted by Gasteiger charge is 2.17. The number of hydrogen-bond donors (Lipinski definition) is 2. The van der Waals surface area contributed by atoms with Gasteiger partial charge in [-0.1, -0.05) is 6.92 Å². The molecule has 0 spiro atoms. The minimum atomic E-state index is 0.0475. The summed E-state index contributed by atoms with van der Waals surface area (Å²) in [6, 6.07) is 0.815. The maximum absolute atomic E-state index is 5.59. The molecule has 6 nitrogen and oxygen atoms in total. The summed E-state index contributed by atoms with van der Waals surface area (Å²) in [6.45, 7) is 6.87. The van der Waals surface area contributed by atoms with Gasteiger partial charge in [-0.25, -0.2) is 0 Å². The van der Waals surface area contributed by atoms with Gasteiger partial charge >= 0.3 is 6.01 Å². The van der Waals surface area contributed by atoms with Crippen LogP contribution in [-0.4, -0.2) is 45.1 Å². The number of anilines is 2. The summed E-state index contributed by atoms with van der Waals surface area (Å²) in [7, 11) is 0. The molecular formula is C13H23N5OS. The van der Waals surface area contributed by atoms with Crippen LogP contribution in [0.2, 0.25) is 0 Å². The van der Waals surface area contributed by atoms with E-state index >= 15 is 0 Å². The minimum absolute atomic E-state index is 0.0475. The molecule has 2 N–H and O–H groups in total. The van der Waals surface area contributed by atoms with E-state index in [1.165, 1.54) is 5.75 Å². The topological polar surface area (TPSA) is 72.0 Å². The molecule has 1 unspecified atom stereocenters. The van der Waals surface area contributed by atoms with E-state index in [9.17, 15) is 0 Å². The molecule has 1 atom stereocenters. The average Bonchev–Trinajstić information content (AvgIpc) is 2.88. The lowest BCUT2D eigenvalue weighted by molar-refractivity contribution is 0.222. The number of hydrogen-bond acceptors (Lipinski definition) is 7. The molecule has 1 aromatic rings. The van der Waals surface area contributed by atoms with Crippen LogP contribution in [0.1, 0.15) is 33.6 Å². The van der Waals surface area contributed by atoms with Crippen molar-refractivity contribution in [1.29, 1.82) is 0 Å². The normalized spacial score (nSPS) is 18.3. The Labute approximate surface area is 124 Å². The van der Waals surface area contributed by atoms with Crippen LogP contribution < -0.4 is 15.4 Å². The lowest BCUT2D eigenvalue weighted by atomic mass is 10.3. The highest BCUT2D eigenvalue weighted by Crippen LogP contribution is 2.21. The summed E-state index contributed by atoms with van der Waals surface area (Å²) in [5.74, 6) is 3.47. The second-order valence-corrected chi connectivity index (χ2v) is 6.21. The van der Waals surface area contributed by atoms with Gasteiger partial charge in [-0.2, -0.15) is 26.7 Å². The molecule has 0 bridgehead atoms. The predicted molar refractivity (Wildman–Crippen MR) is 83.7 cm³/mol. The van der Waals surface area contributed by atoms with Crippen LogP contribution in [0, 0.1) is 0 Å². The second kappa shape index (κ2) is 7.52. The number of thioether (sulfide) groups is 1. The van der Waals surface area contributed by atoms with Crippen LogP contribution in [0.3, 0.4) is 0 Å². The van der Waals surface area contributed by atoms with E-state index in [0.717, 1.165) is 25.1 Å². The molecule has 2 rings (SSSR count). The Morgan fingerprint density at radius 1 is 1.30 bits per heavy atom. The van der Waals surface area contributed by atoms with Gasteiger partial charge in [0.25, 0.3) is 0 Å². The van der Waals surface area contributed by atoms with E-state index in [4.69, 9.17) is 4.74 Å². The number of nitrogens with zero attached hydrogens (tertiary/aromatic N) is 3. The van der Waals surface area contributed by atoms with Crippen LogP contribution in [0.15, 0.2) is 0 Å². The van der Waals surface area contributed by atoms with Gasteiger partial charge in [0.2, 0.25) is 11.9 Å². The number of ether oxygens (including phenoxy) is 1. The Balaban J connectivity index is 2.10. The summed E-state index contributed by atoms with van der Waals surface area (Å²) in [5, 5.41) is 6.55. The predicted octanol–water partition coefficient (Wildman–Crippen LogP) is 2.40. The summed E-state index contributed by atoms with van der Waals surface area (Å²) in [6.07, 6.45) is 2.22. The van der Waals surface area contributed by atoms with Gasteiger partial charge in [-0.3, -0.25) is 0 Å². The third-order valence-electron chi connectivity index (χ3n) is 2.75.